The zero-order chi connectivity index (χ0) is 35.8. The van der Waals surface area contributed by atoms with Gasteiger partial charge in [-0.3, -0.25) is 9.59 Å². The molecule has 0 aromatic rings. The van der Waals surface area contributed by atoms with Gasteiger partial charge in [-0.2, -0.15) is 0 Å². The number of likely N-dealkylation sites (tertiary alicyclic amines) is 1. The first-order valence-electron chi connectivity index (χ1n) is 18.0. The lowest BCUT2D eigenvalue weighted by molar-refractivity contribution is -0.199. The molecule has 2 bridgehead atoms. The van der Waals surface area contributed by atoms with Crippen LogP contribution in [0.15, 0.2) is 0 Å². The second-order valence-corrected chi connectivity index (χ2v) is 23.3. The molecule has 0 unspecified atom stereocenters. The van der Waals surface area contributed by atoms with E-state index in [1.54, 1.807) is 39.8 Å². The van der Waals surface area contributed by atoms with Crippen LogP contribution in [0.5, 0.6) is 0 Å². The molecule has 272 valence electrons. The Morgan fingerprint density at radius 3 is 2.35 bits per heavy atom. The molecule has 48 heavy (non-hydrogen) atoms. The standard InChI is InChI=1S/C34H62BN5O7Si/c1-32(2,3)45-31(44)37-23(21-48(9,10)11)29(42)40-18-14-15-24(40)28(41)38-27(16-12-13-17-36-30(43)39(7)8)35-46-26-20-22-19-25(33(22,4)5)34(26,6)47-35/h22-27H,12-21H2,1-11H3,(H,36,43)(H,37,44)(H,38,41)/t22-,23+,24-,25-,26+,27-,34-/m0/s1. The Balaban J connectivity index is 1.47. The highest BCUT2D eigenvalue weighted by Gasteiger charge is 2.68. The van der Waals surface area contributed by atoms with Crippen molar-refractivity contribution in [1.82, 2.24) is 25.8 Å². The minimum atomic E-state index is -1.80. The molecule has 3 aliphatic carbocycles. The van der Waals surface area contributed by atoms with Crippen molar-refractivity contribution in [2.75, 3.05) is 27.2 Å². The van der Waals surface area contributed by atoms with Gasteiger partial charge < -0.3 is 39.8 Å². The number of carbonyl (C=O) groups excluding carboxylic acids is 4. The summed E-state index contributed by atoms with van der Waals surface area (Å²) in [4.78, 5) is 56.1. The van der Waals surface area contributed by atoms with Crippen molar-refractivity contribution in [2.45, 2.75) is 148 Å². The van der Waals surface area contributed by atoms with Crippen LogP contribution in [-0.2, 0) is 23.6 Å². The average Bonchev–Trinajstić information content (AvgIpc) is 3.58. The smallest absolute Gasteiger partial charge is 0.444 e. The van der Waals surface area contributed by atoms with Crippen LogP contribution in [0.1, 0.15) is 86.5 Å². The molecule has 5 rings (SSSR count). The number of ether oxygens (including phenoxy) is 1. The number of urea groups is 1. The number of unbranched alkanes of at least 4 members (excludes halogenated alkanes) is 1. The van der Waals surface area contributed by atoms with Crippen LogP contribution >= 0.6 is 0 Å². The van der Waals surface area contributed by atoms with Crippen molar-refractivity contribution >= 4 is 39.1 Å². The van der Waals surface area contributed by atoms with Crippen molar-refractivity contribution in [3.8, 4) is 0 Å². The molecule has 2 aliphatic heterocycles. The van der Waals surface area contributed by atoms with E-state index in [9.17, 15) is 19.2 Å². The minimum absolute atomic E-state index is 0.0242. The van der Waals surface area contributed by atoms with E-state index in [0.29, 0.717) is 50.2 Å². The molecule has 5 fully saturated rings. The fourth-order valence-electron chi connectivity index (χ4n) is 8.23. The summed E-state index contributed by atoms with van der Waals surface area (Å²) in [6, 6.07) is -1.03. The van der Waals surface area contributed by atoms with E-state index in [1.807, 2.05) is 0 Å². The molecule has 0 spiro atoms. The number of rotatable bonds is 12. The molecule has 0 radical (unpaired) electrons. The van der Waals surface area contributed by atoms with E-state index < -0.39 is 50.5 Å². The van der Waals surface area contributed by atoms with Crippen molar-refractivity contribution in [3.05, 3.63) is 0 Å². The van der Waals surface area contributed by atoms with E-state index in [1.165, 1.54) is 4.90 Å². The largest absolute Gasteiger partial charge is 0.481 e. The van der Waals surface area contributed by atoms with E-state index in [2.05, 4.69) is 56.4 Å². The van der Waals surface area contributed by atoms with Gasteiger partial charge in [0.05, 0.1) is 17.6 Å². The minimum Gasteiger partial charge on any atom is -0.444 e. The maximum atomic E-state index is 14.1. The summed E-state index contributed by atoms with van der Waals surface area (Å²) in [5.74, 6) is 0.100. The summed E-state index contributed by atoms with van der Waals surface area (Å²) in [7, 11) is 1.01. The molecule has 7 atom stereocenters. The Labute approximate surface area is 289 Å². The lowest BCUT2D eigenvalue weighted by Gasteiger charge is -2.64. The lowest BCUT2D eigenvalue weighted by Crippen LogP contribution is -2.65. The highest BCUT2D eigenvalue weighted by atomic mass is 28.3. The first-order valence-corrected chi connectivity index (χ1v) is 21.7. The summed E-state index contributed by atoms with van der Waals surface area (Å²) >= 11 is 0. The van der Waals surface area contributed by atoms with Crippen molar-refractivity contribution < 1.29 is 33.2 Å². The molecule has 3 N–H and O–H groups in total. The molecule has 5 amide bonds. The third-order valence-electron chi connectivity index (χ3n) is 10.9. The molecule has 14 heteroatoms. The van der Waals surface area contributed by atoms with Crippen LogP contribution < -0.4 is 16.0 Å². The summed E-state index contributed by atoms with van der Waals surface area (Å²) in [6.45, 7) is 19.6. The quantitative estimate of drug-likeness (QED) is 0.204. The van der Waals surface area contributed by atoms with Gasteiger partial charge in [0.15, 0.2) is 0 Å². The predicted octanol–water partition coefficient (Wildman–Crippen LogP) is 4.40. The Bertz CT molecular complexity index is 1210. The second kappa shape index (κ2) is 14.5. The van der Waals surface area contributed by atoms with Gasteiger partial charge in [0.1, 0.15) is 17.7 Å². The van der Waals surface area contributed by atoms with Crippen LogP contribution in [0.2, 0.25) is 25.7 Å². The molecular weight excluding hydrogens is 629 g/mol. The van der Waals surface area contributed by atoms with Gasteiger partial charge >= 0.3 is 19.2 Å². The van der Waals surface area contributed by atoms with E-state index >= 15 is 0 Å². The molecule has 2 saturated heterocycles. The van der Waals surface area contributed by atoms with Crippen LogP contribution in [0.25, 0.3) is 0 Å². The van der Waals surface area contributed by atoms with E-state index in [-0.39, 0.29) is 29.4 Å². The van der Waals surface area contributed by atoms with Crippen LogP contribution in [0.4, 0.5) is 9.59 Å². The van der Waals surface area contributed by atoms with Gasteiger partial charge in [-0.1, -0.05) is 39.9 Å². The SMILES string of the molecule is CN(C)C(=O)NCCCC[C@H](NC(=O)[C@@H]1CCCN1C(=O)[C@@H](C[Si](C)(C)C)NC(=O)OC(C)(C)C)B1O[C@@H]2C[C@@H]3C[C@@H](C3(C)C)[C@]2(C)O1. The number of amides is 5. The molecule has 12 nitrogen and oxygen atoms in total. The number of hydrogen-bond acceptors (Lipinski definition) is 7. The number of carbonyl (C=O) groups is 4. The Hall–Kier alpha value is -2.32. The van der Waals surface area contributed by atoms with Gasteiger partial charge in [-0.15, -0.1) is 0 Å². The average molecular weight is 692 g/mol. The summed E-state index contributed by atoms with van der Waals surface area (Å²) < 4.78 is 18.9. The highest BCUT2D eigenvalue weighted by Crippen LogP contribution is 2.65. The predicted molar refractivity (Wildman–Crippen MR) is 189 cm³/mol. The molecule has 3 saturated carbocycles. The van der Waals surface area contributed by atoms with Crippen LogP contribution in [0.3, 0.4) is 0 Å². The normalized spacial score (nSPS) is 28.9. The number of nitrogens with zero attached hydrogens (tertiary/aromatic N) is 2. The Morgan fingerprint density at radius 2 is 1.75 bits per heavy atom. The first kappa shape index (κ1) is 38.5. The van der Waals surface area contributed by atoms with Crippen LogP contribution in [-0.4, -0.2) is 111 Å². The molecule has 5 aliphatic rings. The fraction of sp³-hybridized carbons (Fsp3) is 0.882. The maximum Gasteiger partial charge on any atom is 0.481 e. The summed E-state index contributed by atoms with van der Waals surface area (Å²) in [5, 5.41) is 8.99. The Morgan fingerprint density at radius 1 is 1.06 bits per heavy atom. The fourth-order valence-corrected chi connectivity index (χ4v) is 9.74. The zero-order valence-corrected chi connectivity index (χ0v) is 32.4. The number of hydrogen-bond donors (Lipinski definition) is 3. The summed E-state index contributed by atoms with van der Waals surface area (Å²) in [5.41, 5.74) is -0.926. The van der Waals surface area contributed by atoms with Crippen molar-refractivity contribution in [1.29, 1.82) is 0 Å². The topological polar surface area (TPSA) is 139 Å². The Kier molecular flexibility index (Phi) is 11.6. The van der Waals surface area contributed by atoms with Crippen LogP contribution in [0, 0.1) is 17.3 Å². The number of alkyl carbamates (subject to hydrolysis) is 1. The molecule has 0 aromatic carbocycles. The van der Waals surface area contributed by atoms with Gasteiger partial charge in [-0.05, 0) is 89.5 Å². The molecule has 2 heterocycles. The van der Waals surface area contributed by atoms with Crippen molar-refractivity contribution in [2.24, 2.45) is 17.3 Å². The van der Waals surface area contributed by atoms with E-state index in [0.717, 1.165) is 25.7 Å². The van der Waals surface area contributed by atoms with E-state index in [4.69, 9.17) is 14.0 Å². The highest BCUT2D eigenvalue weighted by molar-refractivity contribution is 6.76. The molecular formula is C34H62BN5O7Si. The second-order valence-electron chi connectivity index (χ2n) is 17.7. The first-order chi connectivity index (χ1) is 22.1. The third-order valence-corrected chi connectivity index (χ3v) is 12.5. The monoisotopic (exact) mass is 691 g/mol. The summed E-state index contributed by atoms with van der Waals surface area (Å²) in [6.07, 6.45) is 4.74. The van der Waals surface area contributed by atoms with Gasteiger partial charge in [-0.25, -0.2) is 9.59 Å². The van der Waals surface area contributed by atoms with Crippen molar-refractivity contribution in [3.63, 3.8) is 0 Å². The maximum absolute atomic E-state index is 14.1. The van der Waals surface area contributed by atoms with Gasteiger partial charge in [0.25, 0.3) is 0 Å². The van der Waals surface area contributed by atoms with Gasteiger partial charge in [0.2, 0.25) is 11.8 Å². The van der Waals surface area contributed by atoms with Gasteiger partial charge in [0, 0.05) is 35.3 Å². The zero-order valence-electron chi connectivity index (χ0n) is 31.4. The third kappa shape index (κ3) is 8.88. The molecule has 0 aromatic heterocycles. The number of nitrogens with one attached hydrogen (secondary N) is 3. The lowest BCUT2D eigenvalue weighted by atomic mass is 9.43.